The van der Waals surface area contributed by atoms with Gasteiger partial charge in [0.15, 0.2) is 0 Å². The lowest BCUT2D eigenvalue weighted by molar-refractivity contribution is 0.192. The van der Waals surface area contributed by atoms with Crippen LogP contribution in [0.5, 0.6) is 0 Å². The molecular formula is C8H17NO2S. The van der Waals surface area contributed by atoms with Crippen molar-refractivity contribution in [2.45, 2.75) is 19.3 Å². The van der Waals surface area contributed by atoms with E-state index in [1.54, 1.807) is 13.4 Å². The van der Waals surface area contributed by atoms with Gasteiger partial charge in [0.05, 0.1) is 0 Å². The number of unbranched alkanes of at least 4 members (excludes halogenated alkanes) is 2. The minimum atomic E-state index is 0.0572. The molecule has 0 aromatic rings. The average Bonchev–Trinajstić information content (AvgIpc) is 2.10. The van der Waals surface area contributed by atoms with Crippen LogP contribution in [0.15, 0.2) is 0 Å². The Hall–Kier alpha value is -0.220. The first-order chi connectivity index (χ1) is 5.81. The Labute approximate surface area is 78.2 Å². The topological polar surface area (TPSA) is 38.3 Å². The lowest BCUT2D eigenvalue weighted by Crippen LogP contribution is -2.19. The van der Waals surface area contributed by atoms with Gasteiger partial charge in [0.1, 0.15) is 0 Å². The number of ether oxygens (including phenoxy) is 1. The normalized spacial score (nSPS) is 9.83. The van der Waals surface area contributed by atoms with Gasteiger partial charge >= 0.3 is 0 Å². The molecule has 0 aliphatic heterocycles. The van der Waals surface area contributed by atoms with Crippen LogP contribution in [0.25, 0.3) is 0 Å². The predicted octanol–water partition coefficient (Wildman–Crippen LogP) is 1.88. The summed E-state index contributed by atoms with van der Waals surface area (Å²) in [7, 11) is 1.70. The van der Waals surface area contributed by atoms with Gasteiger partial charge in [-0.1, -0.05) is 11.8 Å². The molecule has 0 rings (SSSR count). The molecule has 0 radical (unpaired) electrons. The minimum Gasteiger partial charge on any atom is -0.385 e. The molecule has 0 unspecified atom stereocenters. The fourth-order valence-electron chi connectivity index (χ4n) is 0.811. The second-order valence-electron chi connectivity index (χ2n) is 2.47. The fourth-order valence-corrected chi connectivity index (χ4v) is 1.06. The molecule has 1 amide bonds. The van der Waals surface area contributed by atoms with Crippen LogP contribution in [-0.2, 0) is 4.74 Å². The largest absolute Gasteiger partial charge is 0.385 e. The molecule has 1 N–H and O–H groups in total. The lowest BCUT2D eigenvalue weighted by Gasteiger charge is -2.02. The van der Waals surface area contributed by atoms with E-state index in [0.29, 0.717) is 0 Å². The summed E-state index contributed by atoms with van der Waals surface area (Å²) in [6.45, 7) is 1.60. The third kappa shape index (κ3) is 7.88. The monoisotopic (exact) mass is 191 g/mol. The van der Waals surface area contributed by atoms with Crippen molar-refractivity contribution >= 4 is 17.0 Å². The van der Waals surface area contributed by atoms with Gasteiger partial charge in [-0.3, -0.25) is 4.79 Å². The number of hydrogen-bond acceptors (Lipinski definition) is 3. The van der Waals surface area contributed by atoms with Crippen LogP contribution in [0.1, 0.15) is 19.3 Å². The molecule has 0 spiro atoms. The molecule has 0 fully saturated rings. The third-order valence-corrected chi connectivity index (χ3v) is 2.00. The van der Waals surface area contributed by atoms with Gasteiger partial charge in [-0.25, -0.2) is 0 Å². The molecule has 0 atom stereocenters. The highest BCUT2D eigenvalue weighted by molar-refractivity contribution is 8.12. The number of methoxy groups -OCH3 is 1. The van der Waals surface area contributed by atoms with Crippen molar-refractivity contribution < 1.29 is 9.53 Å². The Morgan fingerprint density at radius 3 is 2.75 bits per heavy atom. The number of carbonyl (C=O) groups excluding carboxylic acids is 1. The molecule has 0 aliphatic rings. The first kappa shape index (κ1) is 11.8. The van der Waals surface area contributed by atoms with Crippen molar-refractivity contribution in [1.82, 2.24) is 5.32 Å². The van der Waals surface area contributed by atoms with E-state index in [1.807, 2.05) is 0 Å². The Bertz CT molecular complexity index is 120. The Morgan fingerprint density at radius 1 is 1.42 bits per heavy atom. The van der Waals surface area contributed by atoms with Crippen molar-refractivity contribution in [2.24, 2.45) is 0 Å². The molecule has 0 aromatic carbocycles. The summed E-state index contributed by atoms with van der Waals surface area (Å²) < 4.78 is 4.90. The lowest BCUT2D eigenvalue weighted by atomic mass is 10.2. The van der Waals surface area contributed by atoms with Crippen LogP contribution in [0, 0.1) is 0 Å². The maximum atomic E-state index is 10.7. The van der Waals surface area contributed by atoms with Crippen molar-refractivity contribution in [1.29, 1.82) is 0 Å². The van der Waals surface area contributed by atoms with Crippen LogP contribution in [0.2, 0.25) is 0 Å². The zero-order chi connectivity index (χ0) is 9.23. The maximum absolute atomic E-state index is 10.7. The van der Waals surface area contributed by atoms with Gasteiger partial charge in [0, 0.05) is 20.3 Å². The van der Waals surface area contributed by atoms with Gasteiger partial charge in [0.2, 0.25) is 0 Å². The third-order valence-electron chi connectivity index (χ3n) is 1.48. The van der Waals surface area contributed by atoms with E-state index in [4.69, 9.17) is 4.74 Å². The molecule has 0 heterocycles. The van der Waals surface area contributed by atoms with Gasteiger partial charge in [-0.15, -0.1) is 0 Å². The predicted molar refractivity (Wildman–Crippen MR) is 52.6 cm³/mol. The van der Waals surface area contributed by atoms with Crippen LogP contribution in [0.3, 0.4) is 0 Å². The smallest absolute Gasteiger partial charge is 0.278 e. The van der Waals surface area contributed by atoms with Crippen molar-refractivity contribution in [2.75, 3.05) is 26.5 Å². The second kappa shape index (κ2) is 8.87. The number of amides is 1. The van der Waals surface area contributed by atoms with Crippen molar-refractivity contribution in [3.8, 4) is 0 Å². The van der Waals surface area contributed by atoms with Gasteiger partial charge in [-0.05, 0) is 25.5 Å². The summed E-state index contributed by atoms with van der Waals surface area (Å²) >= 11 is 1.22. The number of nitrogens with one attached hydrogen (secondary N) is 1. The van der Waals surface area contributed by atoms with Crippen molar-refractivity contribution in [3.63, 3.8) is 0 Å². The number of thioether (sulfide) groups is 1. The summed E-state index contributed by atoms with van der Waals surface area (Å²) in [6.07, 6.45) is 5.00. The summed E-state index contributed by atoms with van der Waals surface area (Å²) in [5.41, 5.74) is 0. The van der Waals surface area contributed by atoms with E-state index in [2.05, 4.69) is 5.32 Å². The SMILES string of the molecule is COCCCCCNC(=O)SC. The van der Waals surface area contributed by atoms with Gasteiger partial charge < -0.3 is 10.1 Å². The summed E-state index contributed by atoms with van der Waals surface area (Å²) in [6, 6.07) is 0. The summed E-state index contributed by atoms with van der Waals surface area (Å²) in [4.78, 5) is 10.7. The van der Waals surface area contributed by atoms with E-state index in [-0.39, 0.29) is 5.24 Å². The zero-order valence-corrected chi connectivity index (χ0v) is 8.58. The molecule has 0 bridgehead atoms. The first-order valence-corrected chi connectivity index (χ1v) is 5.34. The molecule has 72 valence electrons. The molecule has 0 saturated heterocycles. The highest BCUT2D eigenvalue weighted by atomic mass is 32.2. The average molecular weight is 191 g/mol. The number of hydrogen-bond donors (Lipinski definition) is 1. The standard InChI is InChI=1S/C8H17NO2S/c1-11-7-5-3-4-6-9-8(10)12-2/h3-7H2,1-2H3,(H,9,10). The Morgan fingerprint density at radius 2 is 2.17 bits per heavy atom. The van der Waals surface area contributed by atoms with E-state index in [0.717, 1.165) is 32.4 Å². The fraction of sp³-hybridized carbons (Fsp3) is 0.875. The maximum Gasteiger partial charge on any atom is 0.278 e. The van der Waals surface area contributed by atoms with E-state index in [1.165, 1.54) is 11.8 Å². The molecule has 0 aromatic heterocycles. The minimum absolute atomic E-state index is 0.0572. The second-order valence-corrected chi connectivity index (χ2v) is 3.25. The number of carbonyl (C=O) groups is 1. The Kier molecular flexibility index (Phi) is 8.71. The van der Waals surface area contributed by atoms with Crippen molar-refractivity contribution in [3.05, 3.63) is 0 Å². The highest BCUT2D eigenvalue weighted by Crippen LogP contribution is 1.96. The van der Waals surface area contributed by atoms with Crippen LogP contribution >= 0.6 is 11.8 Å². The van der Waals surface area contributed by atoms with Gasteiger partial charge in [0.25, 0.3) is 5.24 Å². The van der Waals surface area contributed by atoms with Gasteiger partial charge in [-0.2, -0.15) is 0 Å². The van der Waals surface area contributed by atoms with E-state index < -0.39 is 0 Å². The zero-order valence-electron chi connectivity index (χ0n) is 7.76. The molecule has 0 saturated carbocycles. The summed E-state index contributed by atoms with van der Waals surface area (Å²) in [5.74, 6) is 0. The summed E-state index contributed by atoms with van der Waals surface area (Å²) in [5, 5.41) is 2.85. The van der Waals surface area contributed by atoms with Crippen LogP contribution < -0.4 is 5.32 Å². The molecule has 4 heteroatoms. The van der Waals surface area contributed by atoms with Crippen LogP contribution in [0.4, 0.5) is 4.79 Å². The van der Waals surface area contributed by atoms with Crippen LogP contribution in [-0.4, -0.2) is 31.8 Å². The highest BCUT2D eigenvalue weighted by Gasteiger charge is 1.95. The quantitative estimate of drug-likeness (QED) is 0.651. The molecular weight excluding hydrogens is 174 g/mol. The number of rotatable bonds is 6. The van der Waals surface area contributed by atoms with E-state index >= 15 is 0 Å². The molecule has 3 nitrogen and oxygen atoms in total. The Balaban J connectivity index is 2.95. The molecule has 0 aliphatic carbocycles. The molecule has 12 heavy (non-hydrogen) atoms. The van der Waals surface area contributed by atoms with E-state index in [9.17, 15) is 4.79 Å². The first-order valence-electron chi connectivity index (χ1n) is 4.12.